The van der Waals surface area contributed by atoms with Crippen molar-refractivity contribution in [3.63, 3.8) is 0 Å². The molecule has 27 heavy (non-hydrogen) atoms. The van der Waals surface area contributed by atoms with Gasteiger partial charge in [-0.15, -0.1) is 0 Å². The Morgan fingerprint density at radius 3 is 2.63 bits per heavy atom. The van der Waals surface area contributed by atoms with Gasteiger partial charge in [-0.25, -0.2) is 23.1 Å². The van der Waals surface area contributed by atoms with Gasteiger partial charge in [0.25, 0.3) is 5.91 Å². The smallest absolute Gasteiger partial charge is 0.254 e. The lowest BCUT2D eigenvalue weighted by molar-refractivity contribution is -0.117. The molecule has 1 aliphatic heterocycles. The molecule has 2 aromatic rings. The normalized spacial score (nSPS) is 23.3. The highest BCUT2D eigenvalue weighted by Gasteiger charge is 2.62. The Bertz CT molecular complexity index is 956. The molecule has 1 saturated carbocycles. The van der Waals surface area contributed by atoms with Crippen molar-refractivity contribution in [1.29, 1.82) is 0 Å². The molecule has 2 heterocycles. The molecule has 1 aromatic heterocycles. The first kappa shape index (κ1) is 17.5. The van der Waals surface area contributed by atoms with Crippen molar-refractivity contribution in [2.45, 2.75) is 18.0 Å². The van der Waals surface area contributed by atoms with Crippen molar-refractivity contribution >= 4 is 31.1 Å². The number of aromatic nitrogens is 2. The quantitative estimate of drug-likeness (QED) is 0.802. The summed E-state index contributed by atoms with van der Waals surface area (Å²) >= 11 is 0. The monoisotopic (exact) mass is 372 g/mol. The van der Waals surface area contributed by atoms with Crippen molar-refractivity contribution in [2.75, 3.05) is 18.4 Å². The molecule has 2 radical (unpaired) electrons. The largest absolute Gasteiger partial charge is 0.328 e. The van der Waals surface area contributed by atoms with E-state index in [0.717, 1.165) is 17.3 Å². The van der Waals surface area contributed by atoms with Crippen LogP contribution in [0.4, 0.5) is 19.1 Å². The van der Waals surface area contributed by atoms with Crippen molar-refractivity contribution < 1.29 is 22.8 Å². The lowest BCUT2D eigenvalue weighted by Crippen LogP contribution is -2.48. The van der Waals surface area contributed by atoms with Crippen LogP contribution < -0.4 is 10.8 Å². The van der Waals surface area contributed by atoms with Gasteiger partial charge >= 0.3 is 0 Å². The molecule has 0 bridgehead atoms. The molecule has 136 valence electrons. The van der Waals surface area contributed by atoms with Crippen molar-refractivity contribution in [2.24, 2.45) is 0 Å². The number of rotatable bonds is 3. The van der Waals surface area contributed by atoms with Gasteiger partial charge in [-0.1, -0.05) is 11.5 Å². The topological polar surface area (TPSA) is 75.2 Å². The van der Waals surface area contributed by atoms with Gasteiger partial charge < -0.3 is 4.90 Å². The van der Waals surface area contributed by atoms with Crippen LogP contribution >= 0.6 is 0 Å². The number of amides is 2. The summed E-state index contributed by atoms with van der Waals surface area (Å²) in [6.45, 7) is -0.544. The maximum Gasteiger partial charge on any atom is 0.254 e. The van der Waals surface area contributed by atoms with Crippen LogP contribution in [0.15, 0.2) is 24.5 Å². The summed E-state index contributed by atoms with van der Waals surface area (Å²) in [7, 11) is 5.57. The molecule has 2 atom stereocenters. The molecule has 0 saturated heterocycles. The zero-order valence-electron chi connectivity index (χ0n) is 13.9. The van der Waals surface area contributed by atoms with E-state index in [-0.39, 0.29) is 35.5 Å². The first-order valence-electron chi connectivity index (χ1n) is 8.11. The molecule has 2 amide bonds. The lowest BCUT2D eigenvalue weighted by atomic mass is 9.81. The second-order valence-electron chi connectivity index (χ2n) is 6.65. The number of anilines is 1. The van der Waals surface area contributed by atoms with E-state index in [1.165, 1.54) is 12.1 Å². The lowest BCUT2D eigenvalue weighted by Gasteiger charge is -2.34. The maximum atomic E-state index is 14.5. The second kappa shape index (κ2) is 6.07. The number of halogens is 3. The highest BCUT2D eigenvalue weighted by atomic mass is 19.1. The minimum Gasteiger partial charge on any atom is -0.328 e. The fourth-order valence-electron chi connectivity index (χ4n) is 3.44. The van der Waals surface area contributed by atoms with Crippen LogP contribution in [0.3, 0.4) is 0 Å². The highest BCUT2D eigenvalue weighted by Crippen LogP contribution is 2.55. The maximum absolute atomic E-state index is 14.5. The SMILES string of the molecule is [B]c1ccc2c(c1F)[C@]1(CC1F)CN(CC(=O)Nc1ncc(F)cn1)C2=O. The summed E-state index contributed by atoms with van der Waals surface area (Å²) < 4.78 is 41.5. The molecule has 1 fully saturated rings. The number of carbonyl (C=O) groups excluding carboxylic acids is 2. The molecule has 4 rings (SSSR count). The van der Waals surface area contributed by atoms with Gasteiger partial charge in [-0.3, -0.25) is 14.9 Å². The Hall–Kier alpha value is -2.91. The van der Waals surface area contributed by atoms with Gasteiger partial charge in [0.2, 0.25) is 11.9 Å². The van der Waals surface area contributed by atoms with Crippen LogP contribution in [0.2, 0.25) is 0 Å². The summed E-state index contributed by atoms with van der Waals surface area (Å²) in [4.78, 5) is 33.2. The number of hydrogen-bond acceptors (Lipinski definition) is 4. The van der Waals surface area contributed by atoms with E-state index in [0.29, 0.717) is 0 Å². The Morgan fingerprint density at radius 1 is 1.33 bits per heavy atom. The van der Waals surface area contributed by atoms with Gasteiger partial charge in [0, 0.05) is 17.7 Å². The molecule has 1 aromatic carbocycles. The van der Waals surface area contributed by atoms with Crippen LogP contribution in [0.25, 0.3) is 0 Å². The van der Waals surface area contributed by atoms with E-state index < -0.39 is 41.6 Å². The number of hydrogen-bond donors (Lipinski definition) is 1. The van der Waals surface area contributed by atoms with Gasteiger partial charge in [0.15, 0.2) is 5.82 Å². The Labute approximate surface area is 153 Å². The fourth-order valence-corrected chi connectivity index (χ4v) is 3.44. The minimum atomic E-state index is -1.33. The van der Waals surface area contributed by atoms with E-state index in [1.54, 1.807) is 0 Å². The van der Waals surface area contributed by atoms with E-state index >= 15 is 0 Å². The Kier molecular flexibility index (Phi) is 3.94. The number of nitrogens with one attached hydrogen (secondary N) is 1. The molecular formula is C17H12BF3N4O2. The fraction of sp³-hybridized carbons (Fsp3) is 0.294. The zero-order chi connectivity index (χ0) is 19.3. The van der Waals surface area contributed by atoms with Crippen LogP contribution in [0.5, 0.6) is 0 Å². The standard InChI is InChI=1S/C17H12BF3N4O2/c18-10-2-1-9-13(14(10)21)17(3-11(17)20)7-25(15(9)27)6-12(26)24-16-22-4-8(19)5-23-16/h1-2,4-5,11H,3,6-7H2,(H,22,23,24,26)/t11?,17-/m1/s1. The third-order valence-corrected chi connectivity index (χ3v) is 4.85. The number of nitrogens with zero attached hydrogens (tertiary/aromatic N) is 3. The summed E-state index contributed by atoms with van der Waals surface area (Å²) in [6.07, 6.45) is 0.481. The Balaban J connectivity index is 1.58. The molecule has 6 nitrogen and oxygen atoms in total. The zero-order valence-corrected chi connectivity index (χ0v) is 13.9. The number of alkyl halides is 1. The van der Waals surface area contributed by atoms with Crippen molar-refractivity contribution in [3.8, 4) is 0 Å². The predicted molar refractivity (Wildman–Crippen MR) is 89.5 cm³/mol. The Morgan fingerprint density at radius 2 is 2.00 bits per heavy atom. The van der Waals surface area contributed by atoms with E-state index in [4.69, 9.17) is 7.85 Å². The van der Waals surface area contributed by atoms with Gasteiger partial charge in [0.1, 0.15) is 26.4 Å². The van der Waals surface area contributed by atoms with Gasteiger partial charge in [-0.2, -0.15) is 0 Å². The molecule has 10 heteroatoms. The molecule has 2 aliphatic rings. The van der Waals surface area contributed by atoms with E-state index in [1.807, 2.05) is 0 Å². The average Bonchev–Trinajstić information content (AvgIpc) is 3.26. The molecule has 1 spiro atoms. The van der Waals surface area contributed by atoms with Crippen molar-refractivity contribution in [1.82, 2.24) is 14.9 Å². The van der Waals surface area contributed by atoms with E-state index in [9.17, 15) is 22.8 Å². The minimum absolute atomic E-state index is 0.000989. The van der Waals surface area contributed by atoms with Crippen LogP contribution in [0, 0.1) is 11.6 Å². The van der Waals surface area contributed by atoms with Crippen molar-refractivity contribution in [3.05, 3.63) is 47.3 Å². The number of carbonyl (C=O) groups is 2. The van der Waals surface area contributed by atoms with Crippen LogP contribution in [0.1, 0.15) is 22.3 Å². The third kappa shape index (κ3) is 2.85. The van der Waals surface area contributed by atoms with Gasteiger partial charge in [-0.05, 0) is 12.5 Å². The molecular weight excluding hydrogens is 360 g/mol. The highest BCUT2D eigenvalue weighted by molar-refractivity contribution is 6.32. The van der Waals surface area contributed by atoms with Crippen LogP contribution in [-0.2, 0) is 10.2 Å². The number of fused-ring (bicyclic) bond motifs is 2. The molecule has 1 N–H and O–H groups in total. The van der Waals surface area contributed by atoms with Crippen LogP contribution in [-0.4, -0.2) is 53.8 Å². The molecule has 1 aliphatic carbocycles. The average molecular weight is 372 g/mol. The first-order chi connectivity index (χ1) is 12.8. The van der Waals surface area contributed by atoms with E-state index in [2.05, 4.69) is 15.3 Å². The summed E-state index contributed by atoms with van der Waals surface area (Å²) in [5, 5.41) is 2.33. The summed E-state index contributed by atoms with van der Waals surface area (Å²) in [5.74, 6) is -2.81. The second-order valence-corrected chi connectivity index (χ2v) is 6.65. The first-order valence-corrected chi connectivity index (χ1v) is 8.11. The summed E-state index contributed by atoms with van der Waals surface area (Å²) in [5.41, 5.74) is -1.35. The summed E-state index contributed by atoms with van der Waals surface area (Å²) in [6, 6.07) is 2.58. The predicted octanol–water partition coefficient (Wildman–Crippen LogP) is 0.623. The van der Waals surface area contributed by atoms with Gasteiger partial charge in [0.05, 0.1) is 17.8 Å². The third-order valence-electron chi connectivity index (χ3n) is 4.85. The number of benzene rings is 1. The molecule has 1 unspecified atom stereocenters.